The van der Waals surface area contributed by atoms with Gasteiger partial charge in [0.1, 0.15) is 23.1 Å². The average molecular weight is 472 g/mol. The van der Waals surface area contributed by atoms with Crippen molar-refractivity contribution in [2.45, 2.75) is 16.5 Å². The average Bonchev–Trinajstić information content (AvgIpc) is 3.09. The molecule has 1 amide bonds. The maximum absolute atomic E-state index is 12.7. The summed E-state index contributed by atoms with van der Waals surface area (Å²) in [6.45, 7) is -0.309. The summed E-state index contributed by atoms with van der Waals surface area (Å²) in [5, 5.41) is 12.1. The van der Waals surface area contributed by atoms with Gasteiger partial charge in [-0.2, -0.15) is 9.61 Å². The topological polar surface area (TPSA) is 99.8 Å². The molecular formula is C21H18ClN5O4S. The molecule has 0 aliphatic rings. The number of methoxy groups -OCH3 is 2. The minimum absolute atomic E-state index is 0.307. The Morgan fingerprint density at radius 2 is 1.81 bits per heavy atom. The van der Waals surface area contributed by atoms with Crippen molar-refractivity contribution >= 4 is 40.6 Å². The highest BCUT2D eigenvalue weighted by Gasteiger charge is 2.16. The second-order valence-corrected chi connectivity index (χ2v) is 8.03. The highest BCUT2D eigenvalue weighted by atomic mass is 35.5. The molecule has 0 aliphatic heterocycles. The first kappa shape index (κ1) is 21.7. The summed E-state index contributed by atoms with van der Waals surface area (Å²) >= 11 is 7.56. The minimum atomic E-state index is -0.523. The van der Waals surface area contributed by atoms with Gasteiger partial charge in [-0.15, -0.1) is 5.10 Å². The molecule has 0 saturated heterocycles. The highest BCUT2D eigenvalue weighted by Crippen LogP contribution is 2.35. The zero-order valence-corrected chi connectivity index (χ0v) is 18.7. The molecule has 0 radical (unpaired) electrons. The summed E-state index contributed by atoms with van der Waals surface area (Å²) in [4.78, 5) is 26.3. The third-order valence-corrected chi connectivity index (χ3v) is 5.65. The fourth-order valence-electron chi connectivity index (χ4n) is 2.94. The summed E-state index contributed by atoms with van der Waals surface area (Å²) in [5.74, 6) is 0.299. The SMILES string of the molecule is COc1cc(OC)c(NC(=O)Cn2nc3ccc(Sc4ccccc4)nn3c2=O)cc1Cl. The van der Waals surface area contributed by atoms with Gasteiger partial charge >= 0.3 is 5.69 Å². The number of hydrogen-bond acceptors (Lipinski definition) is 7. The molecule has 2 heterocycles. The Labute approximate surface area is 191 Å². The van der Waals surface area contributed by atoms with Crippen molar-refractivity contribution in [1.82, 2.24) is 19.4 Å². The molecule has 2 aromatic heterocycles. The van der Waals surface area contributed by atoms with Crippen LogP contribution in [0.15, 0.2) is 69.3 Å². The lowest BCUT2D eigenvalue weighted by Crippen LogP contribution is -2.29. The molecule has 0 unspecified atom stereocenters. The van der Waals surface area contributed by atoms with E-state index in [0.29, 0.717) is 32.9 Å². The first-order chi connectivity index (χ1) is 15.5. The van der Waals surface area contributed by atoms with Crippen LogP contribution in [0.3, 0.4) is 0 Å². The fraction of sp³-hybridized carbons (Fsp3) is 0.143. The summed E-state index contributed by atoms with van der Waals surface area (Å²) < 4.78 is 12.6. The largest absolute Gasteiger partial charge is 0.495 e. The van der Waals surface area contributed by atoms with Gasteiger partial charge in [0.25, 0.3) is 0 Å². The van der Waals surface area contributed by atoms with Gasteiger partial charge in [0.05, 0.1) is 24.9 Å². The molecule has 1 N–H and O–H groups in total. The smallest absolute Gasteiger partial charge is 0.367 e. The van der Waals surface area contributed by atoms with E-state index >= 15 is 0 Å². The van der Waals surface area contributed by atoms with Crippen molar-refractivity contribution in [3.05, 3.63) is 70.1 Å². The van der Waals surface area contributed by atoms with Gasteiger partial charge in [-0.1, -0.05) is 41.6 Å². The molecule has 2 aromatic carbocycles. The lowest BCUT2D eigenvalue weighted by Gasteiger charge is -2.12. The van der Waals surface area contributed by atoms with Gasteiger partial charge in [0, 0.05) is 11.0 Å². The van der Waals surface area contributed by atoms with Crippen molar-refractivity contribution in [3.8, 4) is 11.5 Å². The van der Waals surface area contributed by atoms with Crippen molar-refractivity contribution in [2.75, 3.05) is 19.5 Å². The van der Waals surface area contributed by atoms with Crippen LogP contribution in [0.5, 0.6) is 11.5 Å². The van der Waals surface area contributed by atoms with Crippen LogP contribution in [0.25, 0.3) is 5.65 Å². The number of ether oxygens (including phenoxy) is 2. The Bertz CT molecular complexity index is 1340. The number of fused-ring (bicyclic) bond motifs is 1. The lowest BCUT2D eigenvalue weighted by molar-refractivity contribution is -0.117. The van der Waals surface area contributed by atoms with Crippen LogP contribution < -0.4 is 20.5 Å². The Kier molecular flexibility index (Phi) is 6.33. The maximum Gasteiger partial charge on any atom is 0.367 e. The van der Waals surface area contributed by atoms with Gasteiger partial charge < -0.3 is 14.8 Å². The predicted molar refractivity (Wildman–Crippen MR) is 121 cm³/mol. The number of carbonyl (C=O) groups excluding carboxylic acids is 1. The Balaban J connectivity index is 1.54. The summed E-state index contributed by atoms with van der Waals surface area (Å²) in [6, 6.07) is 16.2. The van der Waals surface area contributed by atoms with Crippen LogP contribution in [0.2, 0.25) is 5.02 Å². The molecule has 0 atom stereocenters. The molecular weight excluding hydrogens is 454 g/mol. The van der Waals surface area contributed by atoms with Crippen LogP contribution >= 0.6 is 23.4 Å². The molecule has 9 nitrogen and oxygen atoms in total. The quantitative estimate of drug-likeness (QED) is 0.441. The van der Waals surface area contributed by atoms with E-state index < -0.39 is 11.6 Å². The number of halogens is 1. The van der Waals surface area contributed by atoms with E-state index in [1.54, 1.807) is 18.2 Å². The molecule has 4 rings (SSSR count). The van der Waals surface area contributed by atoms with E-state index in [-0.39, 0.29) is 6.54 Å². The van der Waals surface area contributed by atoms with E-state index in [9.17, 15) is 9.59 Å². The number of hydrogen-bond donors (Lipinski definition) is 1. The zero-order chi connectivity index (χ0) is 22.7. The molecule has 0 fully saturated rings. The second kappa shape index (κ2) is 9.33. The number of benzene rings is 2. The molecule has 0 spiro atoms. The molecule has 0 saturated carbocycles. The van der Waals surface area contributed by atoms with E-state index in [0.717, 1.165) is 9.58 Å². The van der Waals surface area contributed by atoms with Crippen LogP contribution in [0.4, 0.5) is 5.69 Å². The van der Waals surface area contributed by atoms with Crippen molar-refractivity contribution in [2.24, 2.45) is 0 Å². The van der Waals surface area contributed by atoms with E-state index in [4.69, 9.17) is 21.1 Å². The van der Waals surface area contributed by atoms with Crippen molar-refractivity contribution in [3.63, 3.8) is 0 Å². The Morgan fingerprint density at radius 3 is 2.53 bits per heavy atom. The molecule has 32 heavy (non-hydrogen) atoms. The summed E-state index contributed by atoms with van der Waals surface area (Å²) in [6.07, 6.45) is 0. The monoisotopic (exact) mass is 471 g/mol. The van der Waals surface area contributed by atoms with Crippen molar-refractivity contribution in [1.29, 1.82) is 0 Å². The van der Waals surface area contributed by atoms with E-state index in [2.05, 4.69) is 15.5 Å². The van der Waals surface area contributed by atoms with Crippen molar-refractivity contribution < 1.29 is 14.3 Å². The second-order valence-electron chi connectivity index (χ2n) is 6.53. The third kappa shape index (κ3) is 4.56. The first-order valence-electron chi connectivity index (χ1n) is 9.39. The molecule has 0 aliphatic carbocycles. The van der Waals surface area contributed by atoms with Crippen LogP contribution in [0, 0.1) is 0 Å². The zero-order valence-electron chi connectivity index (χ0n) is 17.1. The number of anilines is 1. The third-order valence-electron chi connectivity index (χ3n) is 4.42. The standard InChI is InChI=1S/C21H18ClN5O4S/c1-30-16-11-17(31-2)15(10-14(16)22)23-19(28)12-26-21(29)27-18(24-26)8-9-20(25-27)32-13-6-4-3-5-7-13/h3-11H,12H2,1-2H3,(H,23,28). The molecule has 164 valence electrons. The predicted octanol–water partition coefficient (Wildman–Crippen LogP) is 3.35. The Morgan fingerprint density at radius 1 is 1.06 bits per heavy atom. The van der Waals surface area contributed by atoms with E-state index in [1.807, 2.05) is 30.3 Å². The molecule has 4 aromatic rings. The first-order valence-corrected chi connectivity index (χ1v) is 10.6. The van der Waals surface area contributed by atoms with Crippen LogP contribution in [-0.2, 0) is 11.3 Å². The lowest BCUT2D eigenvalue weighted by atomic mass is 10.2. The number of aromatic nitrogens is 4. The normalized spacial score (nSPS) is 10.8. The minimum Gasteiger partial charge on any atom is -0.495 e. The highest BCUT2D eigenvalue weighted by molar-refractivity contribution is 7.99. The summed E-state index contributed by atoms with van der Waals surface area (Å²) in [7, 11) is 2.94. The number of rotatable bonds is 7. The number of amides is 1. The van der Waals surface area contributed by atoms with Crippen LogP contribution in [0.1, 0.15) is 0 Å². The Hall–Kier alpha value is -3.50. The maximum atomic E-state index is 12.7. The molecule has 0 bridgehead atoms. The summed E-state index contributed by atoms with van der Waals surface area (Å²) in [5.41, 5.74) is 0.162. The number of nitrogens with zero attached hydrogens (tertiary/aromatic N) is 4. The van der Waals surface area contributed by atoms with Gasteiger partial charge in [-0.05, 0) is 30.3 Å². The fourth-order valence-corrected chi connectivity index (χ4v) is 3.98. The molecule has 11 heteroatoms. The van der Waals surface area contributed by atoms with Gasteiger partial charge in [0.2, 0.25) is 5.91 Å². The number of nitrogens with one attached hydrogen (secondary N) is 1. The van der Waals surface area contributed by atoms with Crippen LogP contribution in [-0.4, -0.2) is 39.5 Å². The van der Waals surface area contributed by atoms with Gasteiger partial charge in [-0.3, -0.25) is 4.79 Å². The number of carbonyl (C=O) groups is 1. The van der Waals surface area contributed by atoms with E-state index in [1.165, 1.54) is 36.6 Å². The van der Waals surface area contributed by atoms with Gasteiger partial charge in [0.15, 0.2) is 5.65 Å². The van der Waals surface area contributed by atoms with Gasteiger partial charge in [-0.25, -0.2) is 9.48 Å².